The van der Waals surface area contributed by atoms with E-state index in [4.69, 9.17) is 4.74 Å². The van der Waals surface area contributed by atoms with Gasteiger partial charge in [-0.05, 0) is 37.0 Å². The average Bonchev–Trinajstić information content (AvgIpc) is 2.68. The number of benzene rings is 1. The van der Waals surface area contributed by atoms with Crippen LogP contribution in [0.4, 0.5) is 5.69 Å². The summed E-state index contributed by atoms with van der Waals surface area (Å²) in [5.41, 5.74) is 2.73. The van der Waals surface area contributed by atoms with Crippen molar-refractivity contribution < 1.29 is 9.53 Å². The quantitative estimate of drug-likeness (QED) is 0.836. The van der Waals surface area contributed by atoms with Crippen molar-refractivity contribution in [3.05, 3.63) is 53.7 Å². The van der Waals surface area contributed by atoms with Gasteiger partial charge in [-0.25, -0.2) is 4.98 Å². The van der Waals surface area contributed by atoms with E-state index in [2.05, 4.69) is 24.0 Å². The van der Waals surface area contributed by atoms with Gasteiger partial charge in [0.05, 0.1) is 24.4 Å². The molecule has 1 fully saturated rings. The molecule has 1 aliphatic rings. The van der Waals surface area contributed by atoms with E-state index >= 15 is 0 Å². The number of aromatic nitrogens is 1. The van der Waals surface area contributed by atoms with E-state index in [0.717, 1.165) is 31.4 Å². The molecular formula is C21H26N2O2. The molecule has 0 saturated heterocycles. The van der Waals surface area contributed by atoms with Crippen molar-refractivity contribution in [3.63, 3.8) is 0 Å². The third-order valence-electron chi connectivity index (χ3n) is 5.40. The molecule has 1 heterocycles. The number of aryl methyl sites for hydroxylation is 1. The summed E-state index contributed by atoms with van der Waals surface area (Å²) < 4.78 is 5.12. The zero-order valence-corrected chi connectivity index (χ0v) is 15.3. The van der Waals surface area contributed by atoms with Gasteiger partial charge in [0.25, 0.3) is 0 Å². The van der Waals surface area contributed by atoms with Gasteiger partial charge in [-0.1, -0.05) is 43.5 Å². The summed E-state index contributed by atoms with van der Waals surface area (Å²) in [6, 6.07) is 12.0. The van der Waals surface area contributed by atoms with Crippen molar-refractivity contribution in [2.75, 3.05) is 19.1 Å². The first kappa shape index (κ1) is 17.5. The van der Waals surface area contributed by atoms with Gasteiger partial charge in [-0.2, -0.15) is 0 Å². The molecule has 1 aromatic heterocycles. The lowest BCUT2D eigenvalue weighted by Crippen LogP contribution is -2.47. The van der Waals surface area contributed by atoms with Crippen LogP contribution in [0.25, 0.3) is 0 Å². The molecule has 0 unspecified atom stereocenters. The molecule has 0 atom stereocenters. The number of rotatable bonds is 4. The zero-order chi connectivity index (χ0) is 17.9. The van der Waals surface area contributed by atoms with Crippen LogP contribution in [-0.4, -0.2) is 25.0 Å². The van der Waals surface area contributed by atoms with Crippen LogP contribution in [0.15, 0.2) is 42.6 Å². The standard InChI is InChI=1S/C21H26N2O2/c1-16-9-5-6-10-18(16)21(13-7-4-8-14-21)20(24)23(2)17-11-12-19(25-3)22-15-17/h5-6,9-12,15H,4,7-8,13-14H2,1-3H3. The minimum absolute atomic E-state index is 0.161. The highest BCUT2D eigenvalue weighted by Gasteiger charge is 2.43. The fraction of sp³-hybridized carbons (Fsp3) is 0.429. The lowest BCUT2D eigenvalue weighted by molar-refractivity contribution is -0.125. The average molecular weight is 338 g/mol. The number of carbonyl (C=O) groups excluding carboxylic acids is 1. The van der Waals surface area contributed by atoms with Gasteiger partial charge in [0.1, 0.15) is 0 Å². The number of likely N-dealkylation sites (N-methyl/N-ethyl adjacent to an activating group) is 1. The molecule has 4 heteroatoms. The lowest BCUT2D eigenvalue weighted by Gasteiger charge is -2.40. The predicted molar refractivity (Wildman–Crippen MR) is 100 cm³/mol. The second-order valence-electron chi connectivity index (χ2n) is 6.88. The van der Waals surface area contributed by atoms with E-state index < -0.39 is 5.41 Å². The summed E-state index contributed by atoms with van der Waals surface area (Å²) in [6.45, 7) is 2.11. The van der Waals surface area contributed by atoms with Gasteiger partial charge < -0.3 is 9.64 Å². The molecule has 1 saturated carbocycles. The molecule has 1 aliphatic carbocycles. The normalized spacial score (nSPS) is 16.3. The Balaban J connectivity index is 1.98. The Morgan fingerprint density at radius 2 is 1.84 bits per heavy atom. The van der Waals surface area contributed by atoms with Crippen molar-refractivity contribution in [1.29, 1.82) is 0 Å². The van der Waals surface area contributed by atoms with Crippen molar-refractivity contribution in [1.82, 2.24) is 4.98 Å². The number of hydrogen-bond donors (Lipinski definition) is 0. The van der Waals surface area contributed by atoms with Crippen LogP contribution in [0.1, 0.15) is 43.2 Å². The van der Waals surface area contributed by atoms with E-state index in [1.54, 1.807) is 24.3 Å². The number of amides is 1. The summed E-state index contributed by atoms with van der Waals surface area (Å²) in [5, 5.41) is 0. The number of methoxy groups -OCH3 is 1. The largest absolute Gasteiger partial charge is 0.481 e. The van der Waals surface area contributed by atoms with Gasteiger partial charge in [0.15, 0.2) is 0 Å². The topological polar surface area (TPSA) is 42.4 Å². The van der Waals surface area contributed by atoms with Crippen molar-refractivity contribution in [3.8, 4) is 5.88 Å². The Bertz CT molecular complexity index is 734. The highest BCUT2D eigenvalue weighted by molar-refractivity contribution is 6.01. The fourth-order valence-corrected chi connectivity index (χ4v) is 3.99. The maximum atomic E-state index is 13.6. The molecule has 4 nitrogen and oxygen atoms in total. The summed E-state index contributed by atoms with van der Waals surface area (Å²) in [4.78, 5) is 19.6. The first-order valence-electron chi connectivity index (χ1n) is 8.93. The molecule has 2 aromatic rings. The van der Waals surface area contributed by atoms with E-state index in [1.165, 1.54) is 17.5 Å². The Hall–Kier alpha value is -2.36. The Labute approximate surface area is 149 Å². The molecule has 25 heavy (non-hydrogen) atoms. The maximum Gasteiger partial charge on any atom is 0.237 e. The fourth-order valence-electron chi connectivity index (χ4n) is 3.99. The Kier molecular flexibility index (Phi) is 5.07. The molecule has 0 radical (unpaired) electrons. The van der Waals surface area contributed by atoms with Crippen molar-refractivity contribution >= 4 is 11.6 Å². The van der Waals surface area contributed by atoms with Crippen molar-refractivity contribution in [2.45, 2.75) is 44.4 Å². The maximum absolute atomic E-state index is 13.6. The van der Waals surface area contributed by atoms with Gasteiger partial charge >= 0.3 is 0 Å². The molecule has 1 aromatic carbocycles. The minimum atomic E-state index is -0.432. The van der Waals surface area contributed by atoms with Crippen LogP contribution < -0.4 is 9.64 Å². The van der Waals surface area contributed by atoms with Gasteiger partial charge in [0, 0.05) is 13.1 Å². The first-order chi connectivity index (χ1) is 12.1. The number of hydrogen-bond acceptors (Lipinski definition) is 3. The molecule has 0 N–H and O–H groups in total. The molecule has 132 valence electrons. The molecule has 3 rings (SSSR count). The number of anilines is 1. The van der Waals surface area contributed by atoms with Crippen LogP contribution in [0.5, 0.6) is 5.88 Å². The SMILES string of the molecule is COc1ccc(N(C)C(=O)C2(c3ccccc3C)CCCCC2)cn1. The third-order valence-corrected chi connectivity index (χ3v) is 5.40. The smallest absolute Gasteiger partial charge is 0.237 e. The van der Waals surface area contributed by atoms with Crippen LogP contribution in [0.3, 0.4) is 0 Å². The summed E-state index contributed by atoms with van der Waals surface area (Å²) in [6.07, 6.45) is 6.90. The molecular weight excluding hydrogens is 312 g/mol. The van der Waals surface area contributed by atoms with E-state index in [-0.39, 0.29) is 5.91 Å². The second kappa shape index (κ2) is 7.26. The first-order valence-corrected chi connectivity index (χ1v) is 8.93. The minimum Gasteiger partial charge on any atom is -0.481 e. The molecule has 0 spiro atoms. The van der Waals surface area contributed by atoms with E-state index in [1.807, 2.05) is 25.2 Å². The Morgan fingerprint density at radius 3 is 2.44 bits per heavy atom. The van der Waals surface area contributed by atoms with Crippen LogP contribution in [0.2, 0.25) is 0 Å². The van der Waals surface area contributed by atoms with Crippen molar-refractivity contribution in [2.24, 2.45) is 0 Å². The number of ether oxygens (including phenoxy) is 1. The summed E-state index contributed by atoms with van der Waals surface area (Å²) >= 11 is 0. The van der Waals surface area contributed by atoms with E-state index in [9.17, 15) is 4.79 Å². The van der Waals surface area contributed by atoms with E-state index in [0.29, 0.717) is 5.88 Å². The number of nitrogens with zero attached hydrogens (tertiary/aromatic N) is 2. The third kappa shape index (κ3) is 3.26. The summed E-state index contributed by atoms with van der Waals surface area (Å²) in [7, 11) is 3.44. The number of carbonyl (C=O) groups is 1. The zero-order valence-electron chi connectivity index (χ0n) is 15.3. The van der Waals surface area contributed by atoms with Gasteiger partial charge in [-0.15, -0.1) is 0 Å². The second-order valence-corrected chi connectivity index (χ2v) is 6.88. The van der Waals surface area contributed by atoms with Gasteiger partial charge in [0.2, 0.25) is 11.8 Å². The highest BCUT2D eigenvalue weighted by atomic mass is 16.5. The van der Waals surface area contributed by atoms with Gasteiger partial charge in [-0.3, -0.25) is 4.79 Å². The van der Waals surface area contributed by atoms with Crippen LogP contribution in [-0.2, 0) is 10.2 Å². The van der Waals surface area contributed by atoms with Crippen LogP contribution >= 0.6 is 0 Å². The molecule has 0 bridgehead atoms. The monoisotopic (exact) mass is 338 g/mol. The number of pyridine rings is 1. The predicted octanol–water partition coefficient (Wildman–Crippen LogP) is 4.26. The molecule has 0 aliphatic heterocycles. The Morgan fingerprint density at radius 1 is 1.12 bits per heavy atom. The van der Waals surface area contributed by atoms with Crippen LogP contribution in [0, 0.1) is 6.92 Å². The molecule has 1 amide bonds. The summed E-state index contributed by atoms with van der Waals surface area (Å²) in [5.74, 6) is 0.712. The highest BCUT2D eigenvalue weighted by Crippen LogP contribution is 2.42. The lowest BCUT2D eigenvalue weighted by atomic mass is 9.67.